The number of thiocarbonyl (C=S) groups is 2. The van der Waals surface area contributed by atoms with Gasteiger partial charge < -0.3 is 43.4 Å². The SMILES string of the molecule is N[C@@H](CCCCCC(=O)CCCc1ccc(I)cc1)C(=O)O.N[C@@H](CCCCCC(=O)CCc1ccc(I)cc1)C(=O)O.N[C@@H](CCCCCC(=S)CCCc1ccc(I)cc1)C(=O)O.N[C@@H](CCCCCC(=S)CCc1ccc(I)cc1)C(=O)O. The van der Waals surface area contributed by atoms with E-state index in [1.165, 1.54) is 36.5 Å². The van der Waals surface area contributed by atoms with Crippen molar-refractivity contribution >= 4 is 160 Å². The van der Waals surface area contributed by atoms with Gasteiger partial charge in [-0.3, -0.25) is 28.8 Å². The number of carbonyl (C=O) groups excluding carboxylic acids is 2. The molecule has 0 aliphatic rings. The van der Waals surface area contributed by atoms with Crippen molar-refractivity contribution in [1.29, 1.82) is 0 Å². The van der Waals surface area contributed by atoms with Gasteiger partial charge in [0.25, 0.3) is 0 Å². The summed E-state index contributed by atoms with van der Waals surface area (Å²) in [7, 11) is 0. The minimum atomic E-state index is -0.955. The van der Waals surface area contributed by atoms with Crippen molar-refractivity contribution in [3.05, 3.63) is 134 Å². The number of Topliss-reactive ketones (excluding diaryl/α,β-unsaturated/α-hetero) is 2. The summed E-state index contributed by atoms with van der Waals surface area (Å²) in [6.45, 7) is 0. The van der Waals surface area contributed by atoms with Gasteiger partial charge in [0.05, 0.1) is 0 Å². The number of benzene rings is 4. The molecule has 0 fully saturated rings. The molecule has 12 N–H and O–H groups in total. The molecular weight excluding hydrogens is 1580 g/mol. The Bertz CT molecular complexity index is 2400. The van der Waals surface area contributed by atoms with Gasteiger partial charge in [-0.05, 0) is 286 Å². The number of carboxylic acid groups (broad SMARTS) is 4. The molecule has 0 bridgehead atoms. The van der Waals surface area contributed by atoms with E-state index in [9.17, 15) is 28.8 Å². The van der Waals surface area contributed by atoms with Crippen LogP contribution in [0.25, 0.3) is 0 Å². The number of unbranched alkanes of at least 4 members (excludes halogenated alkanes) is 8. The van der Waals surface area contributed by atoms with Crippen molar-refractivity contribution in [3.8, 4) is 0 Å². The monoisotopic (exact) mass is 1670 g/mol. The van der Waals surface area contributed by atoms with Gasteiger partial charge in [-0.1, -0.05) is 124 Å². The first kappa shape index (κ1) is 81.1. The van der Waals surface area contributed by atoms with Crippen molar-refractivity contribution in [1.82, 2.24) is 0 Å². The number of aliphatic carboxylic acids is 4. The molecule has 0 aromatic heterocycles. The molecule has 0 unspecified atom stereocenters. The molecule has 0 aliphatic heterocycles. The number of carboxylic acids is 4. The Morgan fingerprint density at radius 2 is 0.523 bits per heavy atom. The van der Waals surface area contributed by atoms with E-state index < -0.39 is 48.0 Å². The second-order valence-corrected chi connectivity index (χ2v) is 27.7. The predicted octanol–water partition coefficient (Wildman–Crippen LogP) is 15.0. The highest BCUT2D eigenvalue weighted by molar-refractivity contribution is 14.1. The predicted molar refractivity (Wildman–Crippen MR) is 389 cm³/mol. The molecule has 0 amide bonds. The average molecular weight is 1670 g/mol. The number of rotatable bonds is 42. The lowest BCUT2D eigenvalue weighted by Crippen LogP contribution is -2.29. The molecule has 476 valence electrons. The van der Waals surface area contributed by atoms with Gasteiger partial charge in [-0.2, -0.15) is 0 Å². The Hall–Kier alpha value is -2.96. The lowest BCUT2D eigenvalue weighted by molar-refractivity contribution is -0.139. The van der Waals surface area contributed by atoms with Crippen LogP contribution < -0.4 is 22.9 Å². The molecule has 86 heavy (non-hydrogen) atoms. The van der Waals surface area contributed by atoms with E-state index in [0.717, 1.165) is 151 Å². The average Bonchev–Trinajstić information content (AvgIpc) is 3.52. The lowest BCUT2D eigenvalue weighted by Gasteiger charge is -2.07. The van der Waals surface area contributed by atoms with Gasteiger partial charge in [-0.25, -0.2) is 0 Å². The fourth-order valence-electron chi connectivity index (χ4n) is 8.60. The fourth-order valence-corrected chi connectivity index (χ4v) is 10.6. The maximum atomic E-state index is 11.8. The van der Waals surface area contributed by atoms with Crippen LogP contribution in [0.1, 0.15) is 189 Å². The molecule has 4 rings (SSSR count). The van der Waals surface area contributed by atoms with E-state index in [1.54, 1.807) is 0 Å². The highest BCUT2D eigenvalue weighted by Gasteiger charge is 2.14. The van der Waals surface area contributed by atoms with Crippen molar-refractivity contribution in [2.75, 3.05) is 0 Å². The number of ketones is 2. The van der Waals surface area contributed by atoms with Crippen LogP contribution in [0.4, 0.5) is 0 Å². The number of hydrogen-bond acceptors (Lipinski definition) is 12. The molecule has 0 heterocycles. The summed E-state index contributed by atoms with van der Waals surface area (Å²) in [4.78, 5) is 68.0. The van der Waals surface area contributed by atoms with E-state index in [0.29, 0.717) is 57.1 Å². The van der Waals surface area contributed by atoms with E-state index in [2.05, 4.69) is 175 Å². The van der Waals surface area contributed by atoms with Crippen LogP contribution in [0.2, 0.25) is 0 Å². The van der Waals surface area contributed by atoms with Crippen molar-refractivity contribution in [3.63, 3.8) is 0 Å². The Labute approximate surface area is 576 Å². The van der Waals surface area contributed by atoms with E-state index in [4.69, 9.17) is 67.8 Å². The highest BCUT2D eigenvalue weighted by Crippen LogP contribution is 2.17. The molecule has 4 aromatic carbocycles. The molecule has 0 saturated heterocycles. The molecule has 0 aliphatic carbocycles. The van der Waals surface area contributed by atoms with Crippen LogP contribution in [-0.2, 0) is 54.5 Å². The molecule has 4 aromatic rings. The Morgan fingerprint density at radius 1 is 0.302 bits per heavy atom. The quantitative estimate of drug-likeness (QED) is 0.0116. The molecule has 0 spiro atoms. The second-order valence-electron chi connectivity index (χ2n) is 21.5. The Morgan fingerprint density at radius 3 is 0.826 bits per heavy atom. The van der Waals surface area contributed by atoms with E-state index >= 15 is 0 Å². The summed E-state index contributed by atoms with van der Waals surface area (Å²) in [6, 6.07) is 30.8. The number of nitrogens with two attached hydrogens (primary N) is 4. The third-order valence-electron chi connectivity index (χ3n) is 14.0. The van der Waals surface area contributed by atoms with Crippen molar-refractivity contribution in [2.24, 2.45) is 22.9 Å². The van der Waals surface area contributed by atoms with Gasteiger partial charge in [0.2, 0.25) is 0 Å². The third-order valence-corrected chi connectivity index (χ3v) is 17.7. The van der Waals surface area contributed by atoms with E-state index in [-0.39, 0.29) is 5.78 Å². The van der Waals surface area contributed by atoms with Gasteiger partial charge >= 0.3 is 23.9 Å². The maximum Gasteiger partial charge on any atom is 0.320 e. The molecule has 4 atom stereocenters. The minimum Gasteiger partial charge on any atom is -0.480 e. The maximum absolute atomic E-state index is 11.8. The van der Waals surface area contributed by atoms with Crippen LogP contribution >= 0.6 is 115 Å². The minimum absolute atomic E-state index is 0.274. The Balaban J connectivity index is 0.000000573. The van der Waals surface area contributed by atoms with Gasteiger partial charge in [0.1, 0.15) is 35.7 Å². The van der Waals surface area contributed by atoms with Crippen LogP contribution in [0.3, 0.4) is 0 Å². The molecule has 0 radical (unpaired) electrons. The fraction of sp³-hybridized carbons (Fsp3) is 0.515. The normalized spacial score (nSPS) is 12.1. The van der Waals surface area contributed by atoms with Crippen LogP contribution in [0, 0.1) is 14.3 Å². The van der Waals surface area contributed by atoms with Crippen LogP contribution in [0.5, 0.6) is 0 Å². The number of aryl methyl sites for hydroxylation is 4. The molecular formula is C66H92I4N4O10S2. The van der Waals surface area contributed by atoms with Crippen LogP contribution in [0.15, 0.2) is 97.1 Å². The molecule has 20 heteroatoms. The zero-order valence-electron chi connectivity index (χ0n) is 49.6. The summed E-state index contributed by atoms with van der Waals surface area (Å²) >= 11 is 20.0. The summed E-state index contributed by atoms with van der Waals surface area (Å²) in [6.07, 6.45) is 24.7. The summed E-state index contributed by atoms with van der Waals surface area (Å²) in [5.74, 6) is -3.16. The zero-order valence-corrected chi connectivity index (χ0v) is 59.9. The largest absolute Gasteiger partial charge is 0.480 e. The zero-order chi connectivity index (χ0) is 64.1. The Kier molecular flexibility index (Phi) is 47.8. The highest BCUT2D eigenvalue weighted by atomic mass is 127. The second kappa shape index (κ2) is 50.7. The standard InChI is InChI=1S/C17H24INO3.C17H24INO2S.C16H22INO3.C16H22INO2S/c18-14-11-9-13(10-12-14)5-4-7-15(20)6-2-1-3-8-16(19)17(21)22;18-14-11-9-13(10-12-14)5-4-7-15(22)6-2-1-3-8-16(19)17(20)21;17-13-9-6-12(7-10-13)8-11-14(19)4-2-1-3-5-15(18)16(20)21;17-13-9-6-12(7-10-13)8-11-14(21)4-2-1-3-5-15(18)16(19)20/h9-12,16H,1-8,19H2,(H,21,22);9-12,16H,1-8,19H2,(H,20,21);6-7,9-10,15H,1-5,8,11,18H2,(H,20,21);6-7,9-10,15H,1-5,8,11,18H2,(H,19,20)/t2*16-;2*15-/m0000/s1. The first-order chi connectivity index (χ1) is 40.9. The van der Waals surface area contributed by atoms with Gasteiger partial charge in [0.15, 0.2) is 0 Å². The van der Waals surface area contributed by atoms with Crippen molar-refractivity contribution < 1.29 is 49.2 Å². The first-order valence-corrected chi connectivity index (χ1v) is 35.1. The topological polar surface area (TPSA) is 287 Å². The lowest BCUT2D eigenvalue weighted by atomic mass is 10.0. The first-order valence-electron chi connectivity index (χ1n) is 29.9. The molecule has 0 saturated carbocycles. The third kappa shape index (κ3) is 45.3. The van der Waals surface area contributed by atoms with Gasteiger partial charge in [-0.15, -0.1) is 0 Å². The van der Waals surface area contributed by atoms with Gasteiger partial charge in [0, 0.05) is 40.0 Å². The number of halogens is 4. The summed E-state index contributed by atoms with van der Waals surface area (Å²) in [5, 5.41) is 34.7. The van der Waals surface area contributed by atoms with Crippen LogP contribution in [-0.4, -0.2) is 89.8 Å². The number of carbonyl (C=O) groups is 6. The van der Waals surface area contributed by atoms with Crippen molar-refractivity contribution in [2.45, 2.75) is 217 Å². The summed E-state index contributed by atoms with van der Waals surface area (Å²) in [5.41, 5.74) is 26.9. The van der Waals surface area contributed by atoms with E-state index in [1.807, 2.05) is 12.1 Å². The molecule has 14 nitrogen and oxygen atoms in total. The smallest absolute Gasteiger partial charge is 0.320 e. The summed E-state index contributed by atoms with van der Waals surface area (Å²) < 4.78 is 4.93. The number of hydrogen-bond donors (Lipinski definition) is 8.